The van der Waals surface area contributed by atoms with Crippen LogP contribution in [0, 0.1) is 17.8 Å². The van der Waals surface area contributed by atoms with E-state index >= 15 is 0 Å². The van der Waals surface area contributed by atoms with Crippen molar-refractivity contribution >= 4 is 23.7 Å². The SMILES string of the molecule is CC(C)NC(=O)NC(=O)COC(=O)C1C[C@H]2CCC[C@@H](C1)C2=O. The van der Waals surface area contributed by atoms with Crippen LogP contribution >= 0.6 is 0 Å². The lowest BCUT2D eigenvalue weighted by atomic mass is 9.67. The third-order valence-electron chi connectivity index (χ3n) is 4.40. The van der Waals surface area contributed by atoms with E-state index in [2.05, 4.69) is 10.6 Å². The number of amides is 3. The number of nitrogens with one attached hydrogen (secondary N) is 2. The first-order valence-corrected chi connectivity index (χ1v) is 8.17. The van der Waals surface area contributed by atoms with E-state index in [9.17, 15) is 19.2 Å². The van der Waals surface area contributed by atoms with Crippen LogP contribution in [0.15, 0.2) is 0 Å². The molecule has 23 heavy (non-hydrogen) atoms. The highest BCUT2D eigenvalue weighted by Crippen LogP contribution is 2.40. The molecule has 7 nitrogen and oxygen atoms in total. The summed E-state index contributed by atoms with van der Waals surface area (Å²) in [5.74, 6) is -1.22. The molecule has 3 amide bonds. The van der Waals surface area contributed by atoms with Crippen molar-refractivity contribution in [2.45, 2.75) is 52.0 Å². The lowest BCUT2D eigenvalue weighted by molar-refractivity contribution is -0.156. The van der Waals surface area contributed by atoms with E-state index in [0.29, 0.717) is 12.8 Å². The molecule has 0 aliphatic heterocycles. The summed E-state index contributed by atoms with van der Waals surface area (Å²) < 4.78 is 5.01. The number of urea groups is 1. The summed E-state index contributed by atoms with van der Waals surface area (Å²) in [6, 6.07) is -0.705. The Hall–Kier alpha value is -1.92. The molecule has 128 valence electrons. The van der Waals surface area contributed by atoms with Gasteiger partial charge in [0.05, 0.1) is 5.92 Å². The van der Waals surface area contributed by atoms with Gasteiger partial charge in [-0.15, -0.1) is 0 Å². The molecule has 2 rings (SSSR count). The molecule has 0 spiro atoms. The van der Waals surface area contributed by atoms with E-state index in [1.807, 2.05) is 0 Å². The standard InChI is InChI=1S/C16H24N2O5/c1-9(2)17-16(22)18-13(19)8-23-15(21)12-6-10-4-3-5-11(7-12)14(10)20/h9-12H,3-8H2,1-2H3,(H2,17,18,19,22)/t10-,11+,12?. The average Bonchev–Trinajstić information content (AvgIpc) is 2.43. The highest BCUT2D eigenvalue weighted by atomic mass is 16.5. The number of rotatable bonds is 4. The number of hydrogen-bond donors (Lipinski definition) is 2. The summed E-state index contributed by atoms with van der Waals surface area (Å²) in [6.45, 7) is 3.06. The maximum Gasteiger partial charge on any atom is 0.321 e. The van der Waals surface area contributed by atoms with E-state index in [1.54, 1.807) is 13.8 Å². The molecular weight excluding hydrogens is 300 g/mol. The van der Waals surface area contributed by atoms with Crippen LogP contribution in [0.1, 0.15) is 46.0 Å². The average molecular weight is 324 g/mol. The highest BCUT2D eigenvalue weighted by molar-refractivity contribution is 5.95. The second kappa shape index (κ2) is 7.57. The zero-order valence-electron chi connectivity index (χ0n) is 13.6. The molecule has 1 unspecified atom stereocenters. The number of hydrogen-bond acceptors (Lipinski definition) is 5. The van der Waals surface area contributed by atoms with Crippen molar-refractivity contribution in [2.24, 2.45) is 17.8 Å². The minimum absolute atomic E-state index is 0.0364. The molecule has 2 saturated carbocycles. The van der Waals surface area contributed by atoms with Gasteiger partial charge in [0.2, 0.25) is 0 Å². The molecule has 2 bridgehead atoms. The van der Waals surface area contributed by atoms with Crippen LogP contribution in [0.4, 0.5) is 4.79 Å². The highest BCUT2D eigenvalue weighted by Gasteiger charge is 2.41. The van der Waals surface area contributed by atoms with Gasteiger partial charge < -0.3 is 10.1 Å². The van der Waals surface area contributed by atoms with Crippen molar-refractivity contribution in [1.29, 1.82) is 0 Å². The van der Waals surface area contributed by atoms with Crippen LogP contribution < -0.4 is 10.6 Å². The van der Waals surface area contributed by atoms with Gasteiger partial charge in [-0.25, -0.2) is 4.79 Å². The number of esters is 1. The van der Waals surface area contributed by atoms with Crippen molar-refractivity contribution in [1.82, 2.24) is 10.6 Å². The van der Waals surface area contributed by atoms with Crippen LogP contribution in [-0.4, -0.2) is 36.3 Å². The van der Waals surface area contributed by atoms with Crippen LogP contribution in [0.2, 0.25) is 0 Å². The van der Waals surface area contributed by atoms with Crippen molar-refractivity contribution < 1.29 is 23.9 Å². The van der Waals surface area contributed by atoms with Crippen LogP contribution in [-0.2, 0) is 19.1 Å². The van der Waals surface area contributed by atoms with Gasteiger partial charge in [0, 0.05) is 17.9 Å². The van der Waals surface area contributed by atoms with Gasteiger partial charge >= 0.3 is 12.0 Å². The molecule has 2 N–H and O–H groups in total. The van der Waals surface area contributed by atoms with Crippen LogP contribution in [0.3, 0.4) is 0 Å². The zero-order chi connectivity index (χ0) is 17.0. The Balaban J connectivity index is 1.76. The van der Waals surface area contributed by atoms with Gasteiger partial charge in [-0.3, -0.25) is 19.7 Å². The predicted octanol–water partition coefficient (Wildman–Crippen LogP) is 1.16. The third-order valence-corrected chi connectivity index (χ3v) is 4.40. The molecule has 0 aromatic carbocycles. The monoisotopic (exact) mass is 324 g/mol. The Kier molecular flexibility index (Phi) is 5.74. The molecule has 0 heterocycles. The van der Waals surface area contributed by atoms with E-state index in [4.69, 9.17) is 4.74 Å². The van der Waals surface area contributed by atoms with Gasteiger partial charge in [-0.2, -0.15) is 0 Å². The van der Waals surface area contributed by atoms with Crippen LogP contribution in [0.25, 0.3) is 0 Å². The topological polar surface area (TPSA) is 102 Å². The molecule has 3 atom stereocenters. The van der Waals surface area contributed by atoms with Crippen LogP contribution in [0.5, 0.6) is 0 Å². The maximum absolute atomic E-state index is 12.1. The third kappa shape index (κ3) is 4.77. The lowest BCUT2D eigenvalue weighted by Crippen LogP contribution is -2.44. The fraction of sp³-hybridized carbons (Fsp3) is 0.750. The Labute approximate surface area is 135 Å². The Morgan fingerprint density at radius 2 is 1.78 bits per heavy atom. The second-order valence-electron chi connectivity index (χ2n) is 6.68. The van der Waals surface area contributed by atoms with Crippen molar-refractivity contribution in [2.75, 3.05) is 6.61 Å². The molecule has 2 aliphatic carbocycles. The quantitative estimate of drug-likeness (QED) is 0.756. The molecule has 2 fully saturated rings. The number of ketones is 1. The number of imide groups is 1. The summed E-state index contributed by atoms with van der Waals surface area (Å²) in [5.41, 5.74) is 0. The van der Waals surface area contributed by atoms with Crippen molar-refractivity contribution in [3.63, 3.8) is 0 Å². The lowest BCUT2D eigenvalue weighted by Gasteiger charge is -2.36. The minimum atomic E-state index is -0.663. The summed E-state index contributed by atoms with van der Waals surface area (Å²) in [4.78, 5) is 47.0. The van der Waals surface area contributed by atoms with Gasteiger partial charge in [0.1, 0.15) is 5.78 Å². The minimum Gasteiger partial charge on any atom is -0.455 e. The smallest absolute Gasteiger partial charge is 0.321 e. The number of fused-ring (bicyclic) bond motifs is 2. The molecule has 0 saturated heterocycles. The zero-order valence-corrected chi connectivity index (χ0v) is 13.6. The first kappa shape index (κ1) is 17.4. The summed E-state index contributed by atoms with van der Waals surface area (Å²) in [7, 11) is 0. The summed E-state index contributed by atoms with van der Waals surface area (Å²) in [5, 5.41) is 4.60. The molecule has 0 radical (unpaired) electrons. The number of carbonyl (C=O) groups excluding carboxylic acids is 4. The van der Waals surface area contributed by atoms with Gasteiger partial charge in [0.15, 0.2) is 6.61 Å². The summed E-state index contributed by atoms with van der Waals surface area (Å²) >= 11 is 0. The molecule has 7 heteroatoms. The fourth-order valence-corrected chi connectivity index (χ4v) is 3.39. The number of carbonyl (C=O) groups is 4. The fourth-order valence-electron chi connectivity index (χ4n) is 3.39. The molecule has 0 aromatic rings. The first-order valence-electron chi connectivity index (χ1n) is 8.17. The van der Waals surface area contributed by atoms with Crippen molar-refractivity contribution in [3.05, 3.63) is 0 Å². The second-order valence-corrected chi connectivity index (χ2v) is 6.68. The van der Waals surface area contributed by atoms with Gasteiger partial charge in [0.25, 0.3) is 5.91 Å². The summed E-state index contributed by atoms with van der Waals surface area (Å²) in [6.07, 6.45) is 3.76. The number of ether oxygens (including phenoxy) is 1. The first-order chi connectivity index (χ1) is 10.9. The molecule has 0 aromatic heterocycles. The Morgan fingerprint density at radius 3 is 2.35 bits per heavy atom. The van der Waals surface area contributed by atoms with E-state index in [0.717, 1.165) is 19.3 Å². The van der Waals surface area contributed by atoms with E-state index < -0.39 is 24.5 Å². The molecule has 2 aliphatic rings. The van der Waals surface area contributed by atoms with E-state index in [-0.39, 0.29) is 29.6 Å². The van der Waals surface area contributed by atoms with E-state index in [1.165, 1.54) is 0 Å². The predicted molar refractivity (Wildman–Crippen MR) is 81.3 cm³/mol. The Morgan fingerprint density at radius 1 is 1.17 bits per heavy atom. The molecular formula is C16H24N2O5. The van der Waals surface area contributed by atoms with Gasteiger partial charge in [-0.1, -0.05) is 6.42 Å². The maximum atomic E-state index is 12.1. The normalized spacial score (nSPS) is 26.6. The number of Topliss-reactive ketones (excluding diaryl/α,β-unsaturated/α-hetero) is 1. The Bertz CT molecular complexity index is 487. The van der Waals surface area contributed by atoms with Crippen molar-refractivity contribution in [3.8, 4) is 0 Å². The van der Waals surface area contributed by atoms with Gasteiger partial charge in [-0.05, 0) is 39.5 Å². The largest absolute Gasteiger partial charge is 0.455 e.